The second-order valence-corrected chi connectivity index (χ2v) is 10.1. The molecule has 0 radical (unpaired) electrons. The summed E-state index contributed by atoms with van der Waals surface area (Å²) in [6.07, 6.45) is 0.360. The molecule has 162 valence electrons. The van der Waals surface area contributed by atoms with Gasteiger partial charge in [0.2, 0.25) is 10.0 Å². The maximum Gasteiger partial charge on any atom is 0.332 e. The average molecular weight is 451 g/mol. The lowest BCUT2D eigenvalue weighted by molar-refractivity contribution is -0.120. The van der Waals surface area contributed by atoms with Gasteiger partial charge in [-0.1, -0.05) is 48.5 Å². The molecule has 3 aromatic carbocycles. The van der Waals surface area contributed by atoms with Gasteiger partial charge in [-0.25, -0.2) is 22.5 Å². The molecule has 0 N–H and O–H groups in total. The van der Waals surface area contributed by atoms with E-state index in [-0.39, 0.29) is 6.54 Å². The number of benzene rings is 3. The predicted molar refractivity (Wildman–Crippen MR) is 115 cm³/mol. The Morgan fingerprint density at radius 2 is 1.62 bits per heavy atom. The molecule has 0 spiro atoms. The quantitative estimate of drug-likeness (QED) is 0.574. The van der Waals surface area contributed by atoms with Gasteiger partial charge in [-0.2, -0.15) is 4.31 Å². The van der Waals surface area contributed by atoms with Crippen molar-refractivity contribution in [1.29, 1.82) is 0 Å². The minimum absolute atomic E-state index is 0.0419. The minimum atomic E-state index is -4.15. The molecule has 32 heavy (non-hydrogen) atoms. The Kier molecular flexibility index (Phi) is 4.00. The number of hydrogen-bond donors (Lipinski definition) is 0. The number of piperazine rings is 1. The summed E-state index contributed by atoms with van der Waals surface area (Å²) in [7, 11) is -4.15. The Morgan fingerprint density at radius 3 is 2.44 bits per heavy atom. The third-order valence-electron chi connectivity index (χ3n) is 6.65. The van der Waals surface area contributed by atoms with Crippen LogP contribution in [0.2, 0.25) is 0 Å². The first-order chi connectivity index (χ1) is 15.4. The highest BCUT2D eigenvalue weighted by atomic mass is 32.2. The summed E-state index contributed by atoms with van der Waals surface area (Å²) in [4.78, 5) is 29.0. The molecule has 3 atom stereocenters. The molecule has 3 heterocycles. The number of rotatable bonds is 3. The topological polar surface area (TPSA) is 78.0 Å². The van der Waals surface area contributed by atoms with Crippen LogP contribution in [-0.2, 0) is 14.8 Å². The van der Waals surface area contributed by atoms with Crippen molar-refractivity contribution in [2.24, 2.45) is 0 Å². The van der Waals surface area contributed by atoms with Crippen molar-refractivity contribution in [2.45, 2.75) is 29.4 Å². The van der Waals surface area contributed by atoms with E-state index >= 15 is 0 Å². The van der Waals surface area contributed by atoms with Gasteiger partial charge in [0, 0.05) is 18.0 Å². The number of imide groups is 1. The van der Waals surface area contributed by atoms with E-state index in [0.717, 1.165) is 21.7 Å². The number of hydrogen-bond acceptors (Lipinski definition) is 4. The van der Waals surface area contributed by atoms with Crippen LogP contribution in [0, 0.1) is 5.82 Å². The molecule has 0 aromatic heterocycles. The second kappa shape index (κ2) is 6.60. The predicted octanol–water partition coefficient (Wildman–Crippen LogP) is 2.96. The molecule has 3 aromatic rings. The molecular formula is C23H18FN3O4S. The lowest BCUT2D eigenvalue weighted by Crippen LogP contribution is -2.54. The summed E-state index contributed by atoms with van der Waals surface area (Å²) >= 11 is 0. The minimum Gasteiger partial charge on any atom is -0.306 e. The van der Waals surface area contributed by atoms with Crippen molar-refractivity contribution in [2.75, 3.05) is 11.4 Å². The SMILES string of the molecule is O=C1[C@@H]2C3CC(CN3S(=O)(=O)c3ccccc3F)N2C(=O)N1c1cccc2ccccc12. The standard InChI is InChI=1S/C23H18FN3O4S/c24-17-9-3-4-11-20(17)32(30,31)25-13-15-12-19(25)21-22(28)27(23(29)26(15)21)18-10-5-7-14-6-1-2-8-16(14)18/h1-11,15,19,21H,12-13H2/t15?,19?,21-/m0/s1. The van der Waals surface area contributed by atoms with Crippen LogP contribution in [0.25, 0.3) is 10.8 Å². The molecule has 2 bridgehead atoms. The van der Waals surface area contributed by atoms with E-state index in [4.69, 9.17) is 0 Å². The highest BCUT2D eigenvalue weighted by Crippen LogP contribution is 2.45. The van der Waals surface area contributed by atoms with Crippen LogP contribution in [0.3, 0.4) is 0 Å². The molecule has 3 aliphatic heterocycles. The maximum atomic E-state index is 14.3. The molecule has 7 nitrogen and oxygen atoms in total. The van der Waals surface area contributed by atoms with E-state index < -0.39 is 50.8 Å². The van der Waals surface area contributed by atoms with Crippen LogP contribution < -0.4 is 4.90 Å². The Hall–Kier alpha value is -3.30. The van der Waals surface area contributed by atoms with Crippen LogP contribution >= 0.6 is 0 Å². The lowest BCUT2D eigenvalue weighted by atomic mass is 10.1. The zero-order chi connectivity index (χ0) is 22.2. The highest BCUT2D eigenvalue weighted by Gasteiger charge is 2.64. The van der Waals surface area contributed by atoms with E-state index in [9.17, 15) is 22.4 Å². The van der Waals surface area contributed by atoms with Gasteiger partial charge in [0.05, 0.1) is 11.7 Å². The molecule has 3 amide bonds. The zero-order valence-corrected chi connectivity index (χ0v) is 17.6. The largest absolute Gasteiger partial charge is 0.332 e. The molecule has 2 unspecified atom stereocenters. The average Bonchev–Trinajstić information content (AvgIpc) is 3.45. The normalized spacial score (nSPS) is 25.2. The van der Waals surface area contributed by atoms with E-state index in [1.165, 1.54) is 27.4 Å². The monoisotopic (exact) mass is 451 g/mol. The zero-order valence-electron chi connectivity index (χ0n) is 16.8. The number of carbonyl (C=O) groups is 2. The summed E-state index contributed by atoms with van der Waals surface area (Å²) in [5, 5.41) is 1.66. The molecule has 9 heteroatoms. The van der Waals surface area contributed by atoms with Gasteiger partial charge < -0.3 is 4.90 Å². The van der Waals surface area contributed by atoms with E-state index in [1.54, 1.807) is 12.1 Å². The third kappa shape index (κ3) is 2.46. The van der Waals surface area contributed by atoms with Crippen LogP contribution in [0.1, 0.15) is 6.42 Å². The first kappa shape index (κ1) is 19.4. The van der Waals surface area contributed by atoms with Gasteiger partial charge >= 0.3 is 6.03 Å². The molecular weight excluding hydrogens is 433 g/mol. The third-order valence-corrected chi connectivity index (χ3v) is 8.57. The van der Waals surface area contributed by atoms with Crippen molar-refractivity contribution < 1.29 is 22.4 Å². The maximum absolute atomic E-state index is 14.3. The van der Waals surface area contributed by atoms with Gasteiger partial charge in [-0.05, 0) is 30.0 Å². The number of halogens is 1. The molecule has 0 saturated carbocycles. The Morgan fingerprint density at radius 1 is 0.906 bits per heavy atom. The van der Waals surface area contributed by atoms with E-state index in [0.29, 0.717) is 12.1 Å². The smallest absolute Gasteiger partial charge is 0.306 e. The fourth-order valence-corrected chi connectivity index (χ4v) is 7.04. The van der Waals surface area contributed by atoms with Crippen molar-refractivity contribution in [3.8, 4) is 0 Å². The molecule has 3 fully saturated rings. The van der Waals surface area contributed by atoms with Gasteiger partial charge in [0.1, 0.15) is 16.8 Å². The summed E-state index contributed by atoms with van der Waals surface area (Å²) in [6.45, 7) is 0.0419. The van der Waals surface area contributed by atoms with Gasteiger partial charge in [-0.3, -0.25) is 4.79 Å². The fraction of sp³-hybridized carbons (Fsp3) is 0.217. The number of amides is 3. The van der Waals surface area contributed by atoms with Gasteiger partial charge in [0.15, 0.2) is 0 Å². The number of carbonyl (C=O) groups excluding carboxylic acids is 2. The number of fused-ring (bicyclic) bond motifs is 6. The highest BCUT2D eigenvalue weighted by molar-refractivity contribution is 7.89. The molecule has 6 rings (SSSR count). The van der Waals surface area contributed by atoms with Crippen molar-refractivity contribution in [3.63, 3.8) is 0 Å². The summed E-state index contributed by atoms with van der Waals surface area (Å²) < 4.78 is 41.9. The first-order valence-electron chi connectivity index (χ1n) is 10.3. The second-order valence-electron chi connectivity index (χ2n) is 8.27. The summed E-state index contributed by atoms with van der Waals surface area (Å²) in [5.74, 6) is -1.29. The number of urea groups is 1. The van der Waals surface area contributed by atoms with Crippen LogP contribution in [-0.4, -0.2) is 54.2 Å². The lowest BCUT2D eigenvalue weighted by Gasteiger charge is -2.34. The summed E-state index contributed by atoms with van der Waals surface area (Å²) in [6, 6.07) is 15.6. The Bertz CT molecular complexity index is 1400. The van der Waals surface area contributed by atoms with E-state index in [2.05, 4.69) is 0 Å². The molecule has 3 aliphatic rings. The van der Waals surface area contributed by atoms with Gasteiger partial charge in [0.25, 0.3) is 5.91 Å². The van der Waals surface area contributed by atoms with Crippen molar-refractivity contribution in [3.05, 3.63) is 72.5 Å². The van der Waals surface area contributed by atoms with Crippen LogP contribution in [0.4, 0.5) is 14.9 Å². The number of nitrogens with zero attached hydrogens (tertiary/aromatic N) is 3. The van der Waals surface area contributed by atoms with Gasteiger partial charge in [-0.15, -0.1) is 0 Å². The Labute approximate surface area is 183 Å². The Balaban J connectivity index is 1.40. The van der Waals surface area contributed by atoms with Crippen molar-refractivity contribution in [1.82, 2.24) is 9.21 Å². The van der Waals surface area contributed by atoms with Crippen LogP contribution in [0.5, 0.6) is 0 Å². The van der Waals surface area contributed by atoms with Crippen molar-refractivity contribution >= 4 is 38.4 Å². The summed E-state index contributed by atoms with van der Waals surface area (Å²) in [5.41, 5.74) is 0.482. The molecule has 3 saturated heterocycles. The molecule has 0 aliphatic carbocycles. The fourth-order valence-electron chi connectivity index (χ4n) is 5.30. The van der Waals surface area contributed by atoms with E-state index in [1.807, 2.05) is 30.3 Å². The number of sulfonamides is 1. The number of anilines is 1. The first-order valence-corrected chi connectivity index (χ1v) is 11.7. The van der Waals surface area contributed by atoms with Crippen LogP contribution in [0.15, 0.2) is 71.6 Å².